The molecule has 0 aliphatic carbocycles. The summed E-state index contributed by atoms with van der Waals surface area (Å²) in [4.78, 5) is 23.7. The van der Waals surface area contributed by atoms with Crippen molar-refractivity contribution in [2.45, 2.75) is 90.9 Å². The molecule has 0 rings (SSSR count). The van der Waals surface area contributed by atoms with E-state index in [0.29, 0.717) is 25.1 Å². The van der Waals surface area contributed by atoms with Crippen molar-refractivity contribution in [2.24, 2.45) is 0 Å². The van der Waals surface area contributed by atoms with Gasteiger partial charge in [-0.25, -0.2) is 4.79 Å². The van der Waals surface area contributed by atoms with Crippen LogP contribution < -0.4 is 4.89 Å². The number of quaternary nitrogens is 1. The molecule has 0 spiro atoms. The summed E-state index contributed by atoms with van der Waals surface area (Å²) in [5.41, 5.74) is 0.402. The number of esters is 1. The Hall–Kier alpha value is -0.149. The average Bonchev–Trinajstić information content (AvgIpc) is 2.70. The van der Waals surface area contributed by atoms with Crippen LogP contribution in [0.5, 0.6) is 0 Å². The predicted octanol–water partition coefficient (Wildman–Crippen LogP) is 5.41. The van der Waals surface area contributed by atoms with E-state index in [1.165, 1.54) is 0 Å². The van der Waals surface area contributed by atoms with Gasteiger partial charge in [0.05, 0.1) is 33.9 Å². The molecular formula is C24H54NO8PSi3. The number of hydrogen-bond donors (Lipinski definition) is 0. The van der Waals surface area contributed by atoms with Crippen LogP contribution in [0.4, 0.5) is 0 Å². The molecule has 0 amide bonds. The molecule has 13 heteroatoms. The zero-order valence-corrected chi connectivity index (χ0v) is 29.0. The van der Waals surface area contributed by atoms with Gasteiger partial charge in [0.2, 0.25) is 0 Å². The molecule has 9 nitrogen and oxygen atoms in total. The summed E-state index contributed by atoms with van der Waals surface area (Å²) in [6.45, 7) is 22.2. The second-order valence-electron chi connectivity index (χ2n) is 12.1. The van der Waals surface area contributed by atoms with Crippen LogP contribution in [0.1, 0.15) is 39.5 Å². The third-order valence-corrected chi connectivity index (χ3v) is 18.3. The maximum atomic E-state index is 12.1. The van der Waals surface area contributed by atoms with Crippen molar-refractivity contribution in [3.8, 4) is 0 Å². The Balaban J connectivity index is 4.45. The molecule has 0 aromatic carbocycles. The lowest BCUT2D eigenvalue weighted by Crippen LogP contribution is -2.52. The maximum absolute atomic E-state index is 12.1. The van der Waals surface area contributed by atoms with Crippen molar-refractivity contribution >= 4 is 39.0 Å². The van der Waals surface area contributed by atoms with Crippen LogP contribution in [0.15, 0.2) is 12.2 Å². The molecule has 0 saturated heterocycles. The van der Waals surface area contributed by atoms with Crippen molar-refractivity contribution in [1.82, 2.24) is 0 Å². The van der Waals surface area contributed by atoms with Gasteiger partial charge in [-0.15, -0.1) is 0 Å². The van der Waals surface area contributed by atoms with Crippen molar-refractivity contribution in [2.75, 3.05) is 47.0 Å². The number of likely N-dealkylation sites (N-methyl/N-ethyl adjacent to an activating group) is 1. The number of unbranched alkanes of at least 4 members (excludes halogenated alkanes) is 1. The van der Waals surface area contributed by atoms with Crippen molar-refractivity contribution in [3.05, 3.63) is 12.2 Å². The predicted molar refractivity (Wildman–Crippen MR) is 155 cm³/mol. The number of nitrogens with zero attached hydrogens (tertiary/aromatic N) is 1. The van der Waals surface area contributed by atoms with E-state index in [-0.39, 0.29) is 19.2 Å². The number of rotatable bonds is 21. The molecule has 1 atom stereocenters. The molecule has 0 saturated carbocycles. The SMILES string of the molecule is C=C(C)C(=O)OCCC[Si](C)(C)O[Si](C)(C)O[Si](C)(C)CCCOP(=O)([O-])OCC[N+](C)(C)CCCC. The summed E-state index contributed by atoms with van der Waals surface area (Å²) in [5, 5.41) is 0. The highest BCUT2D eigenvalue weighted by Crippen LogP contribution is 2.38. The van der Waals surface area contributed by atoms with Gasteiger partial charge in [-0.1, -0.05) is 19.9 Å². The molecule has 220 valence electrons. The Kier molecular flexibility index (Phi) is 16.1. The molecule has 0 aliphatic heterocycles. The third kappa shape index (κ3) is 19.5. The Morgan fingerprint density at radius 1 is 0.865 bits per heavy atom. The van der Waals surface area contributed by atoms with Gasteiger partial charge in [-0.05, 0) is 77.6 Å². The summed E-state index contributed by atoms with van der Waals surface area (Å²) in [5.74, 6) is -0.360. The zero-order valence-electron chi connectivity index (χ0n) is 25.1. The molecule has 0 heterocycles. The van der Waals surface area contributed by atoms with Crippen LogP contribution in [0.2, 0.25) is 51.4 Å². The molecule has 0 bridgehead atoms. The van der Waals surface area contributed by atoms with Crippen LogP contribution in [0.3, 0.4) is 0 Å². The quantitative estimate of drug-likeness (QED) is 0.0431. The minimum absolute atomic E-state index is 0.0840. The molecule has 0 fully saturated rings. The van der Waals surface area contributed by atoms with Gasteiger partial charge in [0.25, 0.3) is 7.82 Å². The summed E-state index contributed by atoms with van der Waals surface area (Å²) in [7, 11) is -6.68. The molecule has 0 aromatic rings. The number of phosphoric ester groups is 1. The number of carbonyl (C=O) groups is 1. The minimum atomic E-state index is -4.31. The lowest BCUT2D eigenvalue weighted by molar-refractivity contribution is -0.890. The number of phosphoric acid groups is 1. The lowest BCUT2D eigenvalue weighted by atomic mass is 10.3. The summed E-state index contributed by atoms with van der Waals surface area (Å²) in [6, 6.07) is 1.62. The maximum Gasteiger partial charge on any atom is 0.333 e. The van der Waals surface area contributed by atoms with E-state index in [4.69, 9.17) is 22.0 Å². The first kappa shape index (κ1) is 36.9. The van der Waals surface area contributed by atoms with E-state index >= 15 is 0 Å². The third-order valence-electron chi connectivity index (χ3n) is 5.78. The normalized spacial score (nSPS) is 14.9. The lowest BCUT2D eigenvalue weighted by Gasteiger charge is -2.39. The first-order valence-electron chi connectivity index (χ1n) is 13.4. The molecule has 0 radical (unpaired) electrons. The van der Waals surface area contributed by atoms with Crippen LogP contribution in [0.25, 0.3) is 0 Å². The summed E-state index contributed by atoms with van der Waals surface area (Å²) >= 11 is 0. The van der Waals surface area contributed by atoms with Gasteiger partial charge in [0, 0.05) is 5.57 Å². The summed E-state index contributed by atoms with van der Waals surface area (Å²) in [6.07, 6.45) is 3.52. The Bertz CT molecular complexity index is 762. The fourth-order valence-corrected chi connectivity index (χ4v) is 18.8. The van der Waals surface area contributed by atoms with E-state index in [9.17, 15) is 14.3 Å². The standard InChI is InChI=1S/C24H54NO8PSi3/c1-12-13-16-25(4,5)17-20-31-34(27,28)30-19-15-22-36(8,9)33-37(10,11)32-35(6,7)21-14-18-29-24(26)23(2)3/h2,12-22H2,1,3-11H3. The van der Waals surface area contributed by atoms with Crippen LogP contribution in [-0.2, 0) is 31.4 Å². The molecular weight excluding hydrogens is 545 g/mol. The van der Waals surface area contributed by atoms with Crippen molar-refractivity contribution in [1.29, 1.82) is 0 Å². The fourth-order valence-electron chi connectivity index (χ4n) is 4.05. The number of carbonyl (C=O) groups excluding carboxylic acids is 1. The second-order valence-corrected chi connectivity index (χ2v) is 26.0. The van der Waals surface area contributed by atoms with Crippen LogP contribution in [-0.4, -0.2) is 82.7 Å². The van der Waals surface area contributed by atoms with Crippen LogP contribution in [0, 0.1) is 0 Å². The smallest absolute Gasteiger partial charge is 0.333 e. The topological polar surface area (TPSA) is 103 Å². The van der Waals surface area contributed by atoms with Crippen molar-refractivity contribution < 1.29 is 40.8 Å². The number of hydrogen-bond acceptors (Lipinski definition) is 8. The largest absolute Gasteiger partial charge is 0.756 e. The zero-order chi connectivity index (χ0) is 29.0. The second kappa shape index (κ2) is 16.2. The average molecular weight is 600 g/mol. The van der Waals surface area contributed by atoms with E-state index in [0.717, 1.165) is 42.4 Å². The minimum Gasteiger partial charge on any atom is -0.756 e. The van der Waals surface area contributed by atoms with Gasteiger partial charge < -0.3 is 31.4 Å². The summed E-state index contributed by atoms with van der Waals surface area (Å²) < 4.78 is 41.3. The monoisotopic (exact) mass is 599 g/mol. The first-order valence-corrected chi connectivity index (χ1v) is 23.9. The van der Waals surface area contributed by atoms with Crippen molar-refractivity contribution in [3.63, 3.8) is 0 Å². The highest BCUT2D eigenvalue weighted by atomic mass is 31.2. The first-order chi connectivity index (χ1) is 16.7. The highest BCUT2D eigenvalue weighted by Gasteiger charge is 2.39. The van der Waals surface area contributed by atoms with Gasteiger partial charge in [-0.3, -0.25) is 4.57 Å². The van der Waals surface area contributed by atoms with Gasteiger partial charge in [0.15, 0.2) is 16.6 Å². The fraction of sp³-hybridized carbons (Fsp3) is 0.875. The van der Waals surface area contributed by atoms with Gasteiger partial charge >= 0.3 is 14.5 Å². The Labute approximate surface area is 229 Å². The van der Waals surface area contributed by atoms with E-state index in [1.807, 2.05) is 0 Å². The molecule has 0 aliphatic rings. The molecule has 0 N–H and O–H groups in total. The number of ether oxygens (including phenoxy) is 1. The van der Waals surface area contributed by atoms with Gasteiger partial charge in [-0.2, -0.15) is 0 Å². The van der Waals surface area contributed by atoms with E-state index in [2.05, 4.69) is 66.9 Å². The Morgan fingerprint density at radius 2 is 1.35 bits per heavy atom. The van der Waals surface area contributed by atoms with E-state index < -0.39 is 33.0 Å². The van der Waals surface area contributed by atoms with Crippen LogP contribution >= 0.6 is 7.82 Å². The Morgan fingerprint density at radius 3 is 1.84 bits per heavy atom. The highest BCUT2D eigenvalue weighted by molar-refractivity contribution is 7.45. The van der Waals surface area contributed by atoms with Gasteiger partial charge in [0.1, 0.15) is 13.2 Å². The molecule has 37 heavy (non-hydrogen) atoms. The molecule has 0 aromatic heterocycles. The van der Waals surface area contributed by atoms with E-state index in [1.54, 1.807) is 6.92 Å². The molecule has 1 unspecified atom stereocenters.